The number of aromatic nitrogens is 2. The highest BCUT2D eigenvalue weighted by Crippen LogP contribution is 2.22. The van der Waals surface area contributed by atoms with Crippen molar-refractivity contribution in [2.75, 3.05) is 6.54 Å². The maximum absolute atomic E-state index is 11.9. The lowest BCUT2D eigenvalue weighted by molar-refractivity contribution is 0.0221. The van der Waals surface area contributed by atoms with Crippen molar-refractivity contribution in [1.82, 2.24) is 15.1 Å². The second-order valence-corrected chi connectivity index (χ2v) is 5.42. The van der Waals surface area contributed by atoms with Crippen LogP contribution in [0.25, 0.3) is 6.08 Å². The van der Waals surface area contributed by atoms with Crippen LogP contribution in [0.5, 0.6) is 0 Å². The lowest BCUT2D eigenvalue weighted by Crippen LogP contribution is -2.39. The summed E-state index contributed by atoms with van der Waals surface area (Å²) < 4.78 is 5.36. The predicted octanol–water partition coefficient (Wildman–Crippen LogP) is 2.35. The minimum absolute atomic E-state index is 0.275. The van der Waals surface area contributed by atoms with E-state index >= 15 is 0 Å². The Morgan fingerprint density at radius 1 is 1.56 bits per heavy atom. The second-order valence-electron chi connectivity index (χ2n) is 5.42. The van der Waals surface area contributed by atoms with Crippen molar-refractivity contribution < 1.29 is 9.53 Å². The molecule has 18 heavy (non-hydrogen) atoms. The van der Waals surface area contributed by atoms with Crippen LogP contribution in [0.4, 0.5) is 4.79 Å². The van der Waals surface area contributed by atoms with Crippen LogP contribution in [0.15, 0.2) is 6.58 Å². The molecular weight excluding hydrogens is 230 g/mol. The van der Waals surface area contributed by atoms with Gasteiger partial charge in [-0.15, -0.1) is 0 Å². The van der Waals surface area contributed by atoms with Crippen LogP contribution in [0.1, 0.15) is 37.7 Å². The van der Waals surface area contributed by atoms with Crippen molar-refractivity contribution in [2.24, 2.45) is 0 Å². The average Bonchev–Trinajstić information content (AvgIpc) is 2.68. The fraction of sp³-hybridized carbons (Fsp3) is 0.538. The van der Waals surface area contributed by atoms with Gasteiger partial charge in [-0.3, -0.25) is 5.10 Å². The largest absolute Gasteiger partial charge is 0.444 e. The zero-order valence-corrected chi connectivity index (χ0v) is 11.1. The molecule has 0 atom stereocenters. The van der Waals surface area contributed by atoms with E-state index in [1.165, 1.54) is 0 Å². The lowest BCUT2D eigenvalue weighted by atomic mass is 10.0. The van der Waals surface area contributed by atoms with Crippen molar-refractivity contribution in [3.05, 3.63) is 23.5 Å². The monoisotopic (exact) mass is 249 g/mol. The molecule has 1 aromatic heterocycles. The molecule has 0 aliphatic carbocycles. The van der Waals surface area contributed by atoms with Gasteiger partial charge in [0.25, 0.3) is 0 Å². The summed E-state index contributed by atoms with van der Waals surface area (Å²) in [5.41, 5.74) is 2.55. The van der Waals surface area contributed by atoms with Crippen LogP contribution in [0.3, 0.4) is 0 Å². The number of amides is 1. The number of ether oxygens (including phenoxy) is 1. The summed E-state index contributed by atoms with van der Waals surface area (Å²) in [6.45, 7) is 10.5. The fourth-order valence-electron chi connectivity index (χ4n) is 1.99. The number of fused-ring (bicyclic) bond motifs is 1. The van der Waals surface area contributed by atoms with Crippen molar-refractivity contribution in [3.63, 3.8) is 0 Å². The van der Waals surface area contributed by atoms with Crippen LogP contribution >= 0.6 is 0 Å². The first-order valence-corrected chi connectivity index (χ1v) is 6.07. The van der Waals surface area contributed by atoms with Gasteiger partial charge in [0, 0.05) is 12.1 Å². The van der Waals surface area contributed by atoms with E-state index in [1.807, 2.05) is 20.8 Å². The Bertz CT molecular complexity index is 471. The van der Waals surface area contributed by atoms with Gasteiger partial charge >= 0.3 is 6.09 Å². The standard InChI is InChI=1S/C13H19N3O2/c1-5-10-9-6-7-16(8-11(9)15-14-10)12(17)18-13(2,3)4/h5H,1,6-8H2,2-4H3,(H,14,15). The van der Waals surface area contributed by atoms with Crippen LogP contribution in [0.2, 0.25) is 0 Å². The summed E-state index contributed by atoms with van der Waals surface area (Å²) in [5.74, 6) is 0. The van der Waals surface area contributed by atoms with Gasteiger partial charge < -0.3 is 9.64 Å². The third-order valence-electron chi connectivity index (χ3n) is 2.81. The number of rotatable bonds is 1. The molecule has 2 heterocycles. The zero-order chi connectivity index (χ0) is 13.3. The summed E-state index contributed by atoms with van der Waals surface area (Å²) >= 11 is 0. The van der Waals surface area contributed by atoms with Crippen molar-refractivity contribution in [1.29, 1.82) is 0 Å². The number of H-pyrrole nitrogens is 1. The van der Waals surface area contributed by atoms with E-state index in [2.05, 4.69) is 16.8 Å². The van der Waals surface area contributed by atoms with Gasteiger partial charge in [-0.2, -0.15) is 5.10 Å². The molecule has 0 spiro atoms. The van der Waals surface area contributed by atoms with E-state index in [0.29, 0.717) is 13.1 Å². The first kappa shape index (κ1) is 12.7. The molecule has 0 radical (unpaired) electrons. The van der Waals surface area contributed by atoms with Crippen molar-refractivity contribution >= 4 is 12.2 Å². The van der Waals surface area contributed by atoms with Crippen LogP contribution in [-0.4, -0.2) is 33.3 Å². The summed E-state index contributed by atoms with van der Waals surface area (Å²) in [5, 5.41) is 7.12. The summed E-state index contributed by atoms with van der Waals surface area (Å²) in [4.78, 5) is 13.6. The number of aromatic amines is 1. The summed E-state index contributed by atoms with van der Waals surface area (Å²) in [6.07, 6.45) is 2.24. The van der Waals surface area contributed by atoms with E-state index in [0.717, 1.165) is 23.4 Å². The van der Waals surface area contributed by atoms with E-state index in [1.54, 1.807) is 11.0 Å². The topological polar surface area (TPSA) is 58.2 Å². The van der Waals surface area contributed by atoms with E-state index in [4.69, 9.17) is 4.74 Å². The Kier molecular flexibility index (Phi) is 3.15. The first-order chi connectivity index (χ1) is 8.40. The zero-order valence-electron chi connectivity index (χ0n) is 11.1. The Hall–Kier alpha value is -1.78. The van der Waals surface area contributed by atoms with Crippen LogP contribution in [-0.2, 0) is 17.7 Å². The molecule has 1 amide bonds. The number of carbonyl (C=O) groups is 1. The van der Waals surface area contributed by atoms with Gasteiger partial charge in [0.1, 0.15) is 5.60 Å². The third kappa shape index (κ3) is 2.55. The van der Waals surface area contributed by atoms with Gasteiger partial charge in [0.05, 0.1) is 17.9 Å². The van der Waals surface area contributed by atoms with Gasteiger partial charge in [0.15, 0.2) is 0 Å². The van der Waals surface area contributed by atoms with Crippen LogP contribution < -0.4 is 0 Å². The Morgan fingerprint density at radius 3 is 2.89 bits per heavy atom. The second kappa shape index (κ2) is 4.48. The number of nitrogens with zero attached hydrogens (tertiary/aromatic N) is 2. The Balaban J connectivity index is 2.08. The summed E-state index contributed by atoms with van der Waals surface area (Å²) in [7, 11) is 0. The molecule has 98 valence electrons. The van der Waals surface area contributed by atoms with E-state index in [-0.39, 0.29) is 6.09 Å². The molecule has 1 aliphatic rings. The maximum atomic E-state index is 11.9. The first-order valence-electron chi connectivity index (χ1n) is 6.07. The number of carbonyl (C=O) groups excluding carboxylic acids is 1. The molecule has 1 N–H and O–H groups in total. The molecule has 0 aromatic carbocycles. The molecule has 0 saturated heterocycles. The van der Waals surface area contributed by atoms with Gasteiger partial charge in [0.2, 0.25) is 0 Å². The maximum Gasteiger partial charge on any atom is 0.410 e. The number of hydrogen-bond donors (Lipinski definition) is 1. The highest BCUT2D eigenvalue weighted by molar-refractivity contribution is 5.68. The fourth-order valence-corrected chi connectivity index (χ4v) is 1.99. The third-order valence-corrected chi connectivity index (χ3v) is 2.81. The minimum atomic E-state index is -0.461. The molecule has 2 rings (SSSR count). The molecule has 5 heteroatoms. The molecular formula is C13H19N3O2. The number of nitrogens with one attached hydrogen (secondary N) is 1. The smallest absolute Gasteiger partial charge is 0.410 e. The van der Waals surface area contributed by atoms with Gasteiger partial charge in [-0.25, -0.2) is 4.79 Å². The SMILES string of the molecule is C=Cc1n[nH]c2c1CCN(C(=O)OC(C)(C)C)C2. The van der Waals surface area contributed by atoms with Crippen molar-refractivity contribution in [3.8, 4) is 0 Å². The van der Waals surface area contributed by atoms with Crippen LogP contribution in [0, 0.1) is 0 Å². The predicted molar refractivity (Wildman–Crippen MR) is 69.0 cm³/mol. The Labute approximate surface area is 107 Å². The van der Waals surface area contributed by atoms with Gasteiger partial charge in [-0.05, 0) is 33.3 Å². The van der Waals surface area contributed by atoms with Gasteiger partial charge in [-0.1, -0.05) is 6.58 Å². The quantitative estimate of drug-likeness (QED) is 0.831. The lowest BCUT2D eigenvalue weighted by Gasteiger charge is -2.29. The van der Waals surface area contributed by atoms with E-state index < -0.39 is 5.60 Å². The normalized spacial score (nSPS) is 15.2. The number of hydrogen-bond acceptors (Lipinski definition) is 3. The molecule has 0 unspecified atom stereocenters. The highest BCUT2D eigenvalue weighted by atomic mass is 16.6. The minimum Gasteiger partial charge on any atom is -0.444 e. The molecule has 0 fully saturated rings. The molecule has 0 bridgehead atoms. The molecule has 1 aromatic rings. The molecule has 0 saturated carbocycles. The van der Waals surface area contributed by atoms with E-state index in [9.17, 15) is 4.79 Å². The molecule has 5 nitrogen and oxygen atoms in total. The Morgan fingerprint density at radius 2 is 2.28 bits per heavy atom. The summed E-state index contributed by atoms with van der Waals surface area (Å²) in [6, 6.07) is 0. The highest BCUT2D eigenvalue weighted by Gasteiger charge is 2.27. The molecule has 1 aliphatic heterocycles. The van der Waals surface area contributed by atoms with Crippen molar-refractivity contribution in [2.45, 2.75) is 39.3 Å². The average molecular weight is 249 g/mol.